The summed E-state index contributed by atoms with van der Waals surface area (Å²) in [5.41, 5.74) is 3.13. The van der Waals surface area contributed by atoms with Crippen molar-refractivity contribution in [2.75, 3.05) is 43.1 Å². The van der Waals surface area contributed by atoms with Gasteiger partial charge in [-0.2, -0.15) is 0 Å². The van der Waals surface area contributed by atoms with Crippen molar-refractivity contribution < 1.29 is 4.74 Å². The Morgan fingerprint density at radius 1 is 1.18 bits per heavy atom. The van der Waals surface area contributed by atoms with E-state index >= 15 is 0 Å². The van der Waals surface area contributed by atoms with Crippen LogP contribution in [-0.4, -0.2) is 42.8 Å². The molecule has 5 nitrogen and oxygen atoms in total. The van der Waals surface area contributed by atoms with Gasteiger partial charge in [-0.1, -0.05) is 23.8 Å². The summed E-state index contributed by atoms with van der Waals surface area (Å²) in [7, 11) is 0. The number of nitrogens with zero attached hydrogens (tertiary/aromatic N) is 3. The van der Waals surface area contributed by atoms with Crippen molar-refractivity contribution in [1.29, 1.82) is 0 Å². The molecule has 1 aliphatic rings. The second-order valence-corrected chi connectivity index (χ2v) is 5.65. The van der Waals surface area contributed by atoms with Crippen molar-refractivity contribution in [2.24, 2.45) is 0 Å². The second kappa shape index (κ2) is 6.75. The molecule has 0 atom stereocenters. The molecular formula is C17H22N4O. The standard InChI is InChI=1S/C17H22N4O/c1-13(2)7-8-18-16-17(21-9-11-22-12-10-21)20-15-6-4-3-5-14(15)19-16/h3-7H,8-12H2,1-2H3,(H,18,19). The first kappa shape index (κ1) is 14.8. The lowest BCUT2D eigenvalue weighted by atomic mass is 10.3. The number of benzene rings is 1. The maximum atomic E-state index is 5.44. The first-order valence-corrected chi connectivity index (χ1v) is 7.71. The number of aromatic nitrogens is 2. The number of rotatable bonds is 4. The van der Waals surface area contributed by atoms with Crippen LogP contribution in [0, 0.1) is 0 Å². The third kappa shape index (κ3) is 3.36. The Balaban J connectivity index is 1.95. The van der Waals surface area contributed by atoms with Gasteiger partial charge in [-0.05, 0) is 26.0 Å². The molecule has 1 fully saturated rings. The second-order valence-electron chi connectivity index (χ2n) is 5.65. The smallest absolute Gasteiger partial charge is 0.172 e. The number of hydrogen-bond donors (Lipinski definition) is 1. The zero-order chi connectivity index (χ0) is 15.4. The summed E-state index contributed by atoms with van der Waals surface area (Å²) < 4.78 is 5.44. The van der Waals surface area contributed by atoms with Gasteiger partial charge in [0.05, 0.1) is 24.2 Å². The third-order valence-electron chi connectivity index (χ3n) is 3.64. The average Bonchev–Trinajstić information content (AvgIpc) is 2.54. The number of nitrogens with one attached hydrogen (secondary N) is 1. The molecule has 1 N–H and O–H groups in total. The van der Waals surface area contributed by atoms with Gasteiger partial charge in [-0.25, -0.2) is 9.97 Å². The summed E-state index contributed by atoms with van der Waals surface area (Å²) in [5, 5.41) is 3.40. The fourth-order valence-corrected chi connectivity index (χ4v) is 2.46. The largest absolute Gasteiger partial charge is 0.378 e. The Kier molecular flexibility index (Phi) is 4.53. The van der Waals surface area contributed by atoms with Gasteiger partial charge in [0.15, 0.2) is 11.6 Å². The molecule has 1 aliphatic heterocycles. The molecule has 0 amide bonds. The van der Waals surface area contributed by atoms with Crippen LogP contribution in [-0.2, 0) is 4.74 Å². The Labute approximate surface area is 131 Å². The van der Waals surface area contributed by atoms with Gasteiger partial charge in [-0.3, -0.25) is 0 Å². The number of anilines is 2. The first-order chi connectivity index (χ1) is 10.7. The number of para-hydroxylation sites is 2. The monoisotopic (exact) mass is 298 g/mol. The zero-order valence-electron chi connectivity index (χ0n) is 13.2. The minimum absolute atomic E-state index is 0.738. The summed E-state index contributed by atoms with van der Waals surface area (Å²) in [5.74, 6) is 1.77. The SMILES string of the molecule is CC(C)=CCNc1nc2ccccc2nc1N1CCOCC1. The molecule has 1 saturated heterocycles. The summed E-state index contributed by atoms with van der Waals surface area (Å²) >= 11 is 0. The molecule has 22 heavy (non-hydrogen) atoms. The van der Waals surface area contributed by atoms with Crippen LogP contribution in [0.4, 0.5) is 11.6 Å². The van der Waals surface area contributed by atoms with Crippen molar-refractivity contribution in [3.8, 4) is 0 Å². The molecule has 1 aromatic heterocycles. The molecule has 0 radical (unpaired) electrons. The van der Waals surface area contributed by atoms with Gasteiger partial charge in [0.1, 0.15) is 0 Å². The van der Waals surface area contributed by atoms with Crippen molar-refractivity contribution >= 4 is 22.7 Å². The van der Waals surface area contributed by atoms with Gasteiger partial charge in [0, 0.05) is 19.6 Å². The molecule has 1 aromatic carbocycles. The lowest BCUT2D eigenvalue weighted by Crippen LogP contribution is -2.37. The van der Waals surface area contributed by atoms with Crippen LogP contribution in [0.5, 0.6) is 0 Å². The van der Waals surface area contributed by atoms with E-state index in [1.807, 2.05) is 24.3 Å². The predicted molar refractivity (Wildman–Crippen MR) is 90.5 cm³/mol. The van der Waals surface area contributed by atoms with Crippen LogP contribution in [0.3, 0.4) is 0 Å². The molecule has 0 bridgehead atoms. The highest BCUT2D eigenvalue weighted by Crippen LogP contribution is 2.25. The lowest BCUT2D eigenvalue weighted by molar-refractivity contribution is 0.122. The van der Waals surface area contributed by atoms with E-state index in [1.165, 1.54) is 5.57 Å². The highest BCUT2D eigenvalue weighted by atomic mass is 16.5. The summed E-state index contributed by atoms with van der Waals surface area (Å²) in [6, 6.07) is 7.99. The third-order valence-corrected chi connectivity index (χ3v) is 3.64. The van der Waals surface area contributed by atoms with Gasteiger partial charge in [-0.15, -0.1) is 0 Å². The molecule has 0 spiro atoms. The maximum absolute atomic E-state index is 5.44. The fraction of sp³-hybridized carbons (Fsp3) is 0.412. The molecular weight excluding hydrogens is 276 g/mol. The van der Waals surface area contributed by atoms with Crippen LogP contribution in [0.25, 0.3) is 11.0 Å². The van der Waals surface area contributed by atoms with Gasteiger partial charge in [0.25, 0.3) is 0 Å². The highest BCUT2D eigenvalue weighted by molar-refractivity contribution is 5.80. The Morgan fingerprint density at radius 3 is 2.55 bits per heavy atom. The summed E-state index contributed by atoms with van der Waals surface area (Å²) in [6.45, 7) is 8.12. The van der Waals surface area contributed by atoms with Crippen LogP contribution < -0.4 is 10.2 Å². The Hall–Kier alpha value is -2.14. The van der Waals surface area contributed by atoms with E-state index in [-0.39, 0.29) is 0 Å². The first-order valence-electron chi connectivity index (χ1n) is 7.71. The van der Waals surface area contributed by atoms with E-state index in [9.17, 15) is 0 Å². The van der Waals surface area contributed by atoms with E-state index in [0.717, 1.165) is 55.5 Å². The molecule has 116 valence electrons. The molecule has 2 heterocycles. The lowest BCUT2D eigenvalue weighted by Gasteiger charge is -2.29. The molecule has 2 aromatic rings. The van der Waals surface area contributed by atoms with Crippen LogP contribution in [0.2, 0.25) is 0 Å². The maximum Gasteiger partial charge on any atom is 0.172 e. The quantitative estimate of drug-likeness (QED) is 0.880. The van der Waals surface area contributed by atoms with Gasteiger partial charge >= 0.3 is 0 Å². The Bertz CT molecular complexity index is 673. The molecule has 0 aliphatic carbocycles. The minimum atomic E-state index is 0.738. The van der Waals surface area contributed by atoms with Gasteiger partial charge in [0.2, 0.25) is 0 Å². The van der Waals surface area contributed by atoms with Crippen molar-refractivity contribution in [3.05, 3.63) is 35.9 Å². The average molecular weight is 298 g/mol. The minimum Gasteiger partial charge on any atom is -0.378 e. The number of morpholine rings is 1. The van der Waals surface area contributed by atoms with Crippen LogP contribution in [0.1, 0.15) is 13.8 Å². The Morgan fingerprint density at radius 2 is 1.86 bits per heavy atom. The van der Waals surface area contributed by atoms with E-state index < -0.39 is 0 Å². The number of fused-ring (bicyclic) bond motifs is 1. The topological polar surface area (TPSA) is 50.3 Å². The van der Waals surface area contributed by atoms with Crippen LogP contribution in [0.15, 0.2) is 35.9 Å². The van der Waals surface area contributed by atoms with E-state index in [0.29, 0.717) is 0 Å². The van der Waals surface area contributed by atoms with Crippen molar-refractivity contribution in [1.82, 2.24) is 9.97 Å². The number of allylic oxidation sites excluding steroid dienone is 1. The van der Waals surface area contributed by atoms with E-state index in [2.05, 4.69) is 30.1 Å². The molecule has 5 heteroatoms. The molecule has 0 saturated carbocycles. The fourth-order valence-electron chi connectivity index (χ4n) is 2.46. The van der Waals surface area contributed by atoms with Crippen molar-refractivity contribution in [3.63, 3.8) is 0 Å². The van der Waals surface area contributed by atoms with Crippen LogP contribution >= 0.6 is 0 Å². The van der Waals surface area contributed by atoms with E-state index in [4.69, 9.17) is 14.7 Å². The predicted octanol–water partition coefficient (Wildman–Crippen LogP) is 2.84. The summed E-state index contributed by atoms with van der Waals surface area (Å²) in [6.07, 6.45) is 2.15. The summed E-state index contributed by atoms with van der Waals surface area (Å²) in [4.78, 5) is 11.8. The zero-order valence-corrected chi connectivity index (χ0v) is 13.2. The number of ether oxygens (including phenoxy) is 1. The molecule has 3 rings (SSSR count). The molecule has 0 unspecified atom stereocenters. The van der Waals surface area contributed by atoms with Gasteiger partial charge < -0.3 is 15.0 Å². The highest BCUT2D eigenvalue weighted by Gasteiger charge is 2.18. The normalized spacial score (nSPS) is 14.9. The van der Waals surface area contributed by atoms with Crippen molar-refractivity contribution in [2.45, 2.75) is 13.8 Å². The number of hydrogen-bond acceptors (Lipinski definition) is 5. The van der Waals surface area contributed by atoms with E-state index in [1.54, 1.807) is 0 Å².